The number of carbonyl (C=O) groups is 3. The van der Waals surface area contributed by atoms with Gasteiger partial charge in [0.05, 0.1) is 0 Å². The van der Waals surface area contributed by atoms with Crippen LogP contribution >= 0.6 is 11.8 Å². The number of thioether (sulfide) groups is 1. The first-order chi connectivity index (χ1) is 11.3. The molecule has 24 heavy (non-hydrogen) atoms. The van der Waals surface area contributed by atoms with Crippen LogP contribution in [0.3, 0.4) is 0 Å². The Morgan fingerprint density at radius 2 is 2.08 bits per heavy atom. The van der Waals surface area contributed by atoms with Crippen molar-refractivity contribution in [3.63, 3.8) is 0 Å². The molecule has 0 saturated carbocycles. The van der Waals surface area contributed by atoms with Gasteiger partial charge in [-0.1, -0.05) is 12.1 Å². The summed E-state index contributed by atoms with van der Waals surface area (Å²) in [6.45, 7) is 5.35. The molecule has 1 heterocycles. The van der Waals surface area contributed by atoms with Gasteiger partial charge in [0.1, 0.15) is 5.54 Å². The number of hydrogen-bond donors (Lipinski definition) is 2. The van der Waals surface area contributed by atoms with Crippen LogP contribution in [0.2, 0.25) is 0 Å². The van der Waals surface area contributed by atoms with Gasteiger partial charge in [0, 0.05) is 24.9 Å². The molecule has 0 unspecified atom stereocenters. The molecular formula is C17H23N3O3S. The summed E-state index contributed by atoms with van der Waals surface area (Å²) >= 11 is 1.74. The van der Waals surface area contributed by atoms with E-state index in [0.29, 0.717) is 6.54 Å². The molecule has 1 aromatic carbocycles. The largest absolute Gasteiger partial charge is 0.326 e. The highest BCUT2D eigenvalue weighted by atomic mass is 32.2. The zero-order valence-corrected chi connectivity index (χ0v) is 15.0. The first-order valence-electron chi connectivity index (χ1n) is 7.88. The Hall–Kier alpha value is -2.02. The van der Waals surface area contributed by atoms with Crippen LogP contribution in [0.1, 0.15) is 32.8 Å². The SMILES string of the molecule is CC(=O)Nc1cccc(CSCCCN2C(=O)NC(C)(C)C2=O)c1. The summed E-state index contributed by atoms with van der Waals surface area (Å²) < 4.78 is 0. The smallest absolute Gasteiger partial charge is 0.325 e. The number of carbonyl (C=O) groups excluding carboxylic acids is 3. The van der Waals surface area contributed by atoms with Crippen LogP contribution in [0, 0.1) is 0 Å². The van der Waals surface area contributed by atoms with Crippen LogP contribution in [0.25, 0.3) is 0 Å². The Labute approximate surface area is 146 Å². The second-order valence-corrected chi connectivity index (χ2v) is 7.40. The molecule has 130 valence electrons. The molecule has 1 aromatic rings. The maximum atomic E-state index is 12.0. The van der Waals surface area contributed by atoms with Gasteiger partial charge in [0.25, 0.3) is 5.91 Å². The van der Waals surface area contributed by atoms with E-state index in [1.54, 1.807) is 25.6 Å². The van der Waals surface area contributed by atoms with Crippen molar-refractivity contribution >= 4 is 35.3 Å². The fourth-order valence-corrected chi connectivity index (χ4v) is 3.37. The van der Waals surface area contributed by atoms with Gasteiger partial charge in [-0.25, -0.2) is 4.79 Å². The molecule has 0 aliphatic carbocycles. The van der Waals surface area contributed by atoms with Crippen LogP contribution < -0.4 is 10.6 Å². The number of amides is 4. The summed E-state index contributed by atoms with van der Waals surface area (Å²) in [6, 6.07) is 7.43. The van der Waals surface area contributed by atoms with E-state index in [-0.39, 0.29) is 17.8 Å². The minimum absolute atomic E-state index is 0.0868. The summed E-state index contributed by atoms with van der Waals surface area (Å²) in [5, 5.41) is 5.44. The van der Waals surface area contributed by atoms with E-state index in [9.17, 15) is 14.4 Å². The first kappa shape index (κ1) is 18.3. The van der Waals surface area contributed by atoms with Gasteiger partial charge < -0.3 is 10.6 Å². The predicted molar refractivity (Wildman–Crippen MR) is 95.8 cm³/mol. The van der Waals surface area contributed by atoms with E-state index in [1.807, 2.05) is 24.3 Å². The number of urea groups is 1. The maximum absolute atomic E-state index is 12.0. The van der Waals surface area contributed by atoms with Crippen molar-refractivity contribution in [1.29, 1.82) is 0 Å². The Morgan fingerprint density at radius 3 is 2.71 bits per heavy atom. The van der Waals surface area contributed by atoms with Crippen molar-refractivity contribution < 1.29 is 14.4 Å². The Balaban J connectivity index is 1.73. The maximum Gasteiger partial charge on any atom is 0.325 e. The molecular weight excluding hydrogens is 326 g/mol. The van der Waals surface area contributed by atoms with E-state index < -0.39 is 5.54 Å². The molecule has 0 aromatic heterocycles. The fraction of sp³-hybridized carbons (Fsp3) is 0.471. The minimum Gasteiger partial charge on any atom is -0.326 e. The third kappa shape index (κ3) is 4.74. The number of hydrogen-bond acceptors (Lipinski definition) is 4. The van der Waals surface area contributed by atoms with Gasteiger partial charge in [-0.15, -0.1) is 0 Å². The molecule has 4 amide bonds. The Kier molecular flexibility index (Phi) is 5.88. The van der Waals surface area contributed by atoms with Gasteiger partial charge in [-0.3, -0.25) is 14.5 Å². The number of nitrogens with one attached hydrogen (secondary N) is 2. The third-order valence-corrected chi connectivity index (χ3v) is 4.75. The van der Waals surface area contributed by atoms with Crippen molar-refractivity contribution in [2.75, 3.05) is 17.6 Å². The lowest BCUT2D eigenvalue weighted by Crippen LogP contribution is -2.40. The third-order valence-electron chi connectivity index (χ3n) is 3.63. The van der Waals surface area contributed by atoms with Crippen LogP contribution in [0.4, 0.5) is 10.5 Å². The molecule has 7 heteroatoms. The predicted octanol–water partition coefficient (Wildman–Crippen LogP) is 2.60. The van der Waals surface area contributed by atoms with Crippen LogP contribution in [0.15, 0.2) is 24.3 Å². The monoisotopic (exact) mass is 349 g/mol. The van der Waals surface area contributed by atoms with Crippen LogP contribution in [0.5, 0.6) is 0 Å². The van der Waals surface area contributed by atoms with Crippen molar-refractivity contribution in [3.8, 4) is 0 Å². The fourth-order valence-electron chi connectivity index (χ4n) is 2.48. The molecule has 1 aliphatic heterocycles. The van der Waals surface area contributed by atoms with Gasteiger partial charge >= 0.3 is 6.03 Å². The van der Waals surface area contributed by atoms with Crippen molar-refractivity contribution in [3.05, 3.63) is 29.8 Å². The van der Waals surface area contributed by atoms with E-state index in [0.717, 1.165) is 29.2 Å². The standard InChI is InChI=1S/C17H23N3O3S/c1-12(21)18-14-7-4-6-13(10-14)11-24-9-5-8-20-15(22)17(2,3)19-16(20)23/h4,6-7,10H,5,8-9,11H2,1-3H3,(H,18,21)(H,19,23). The lowest BCUT2D eigenvalue weighted by Gasteiger charge is -2.15. The normalized spacial score (nSPS) is 16.2. The Bertz CT molecular complexity index is 646. The van der Waals surface area contributed by atoms with E-state index in [4.69, 9.17) is 0 Å². The molecule has 2 rings (SSSR count). The number of nitrogens with zero attached hydrogens (tertiary/aromatic N) is 1. The molecule has 0 radical (unpaired) electrons. The molecule has 6 nitrogen and oxygen atoms in total. The zero-order chi connectivity index (χ0) is 17.7. The summed E-state index contributed by atoms with van der Waals surface area (Å²) in [6.07, 6.45) is 0.755. The highest BCUT2D eigenvalue weighted by Gasteiger charge is 2.43. The van der Waals surface area contributed by atoms with Gasteiger partial charge in [0.15, 0.2) is 0 Å². The van der Waals surface area contributed by atoms with Crippen molar-refractivity contribution in [2.24, 2.45) is 0 Å². The first-order valence-corrected chi connectivity index (χ1v) is 9.03. The topological polar surface area (TPSA) is 78.5 Å². The molecule has 1 aliphatic rings. The van der Waals surface area contributed by atoms with Gasteiger partial charge in [-0.2, -0.15) is 11.8 Å². The average Bonchev–Trinajstić information content (AvgIpc) is 2.68. The quantitative estimate of drug-likeness (QED) is 0.586. The molecule has 0 bridgehead atoms. The van der Waals surface area contributed by atoms with Gasteiger partial charge in [-0.05, 0) is 43.7 Å². The van der Waals surface area contributed by atoms with Crippen molar-refractivity contribution in [2.45, 2.75) is 38.5 Å². The average molecular weight is 349 g/mol. The molecule has 1 saturated heterocycles. The summed E-state index contributed by atoms with van der Waals surface area (Å²) in [7, 11) is 0. The van der Waals surface area contributed by atoms with E-state index in [2.05, 4.69) is 10.6 Å². The van der Waals surface area contributed by atoms with Crippen LogP contribution in [-0.2, 0) is 15.3 Å². The second-order valence-electron chi connectivity index (χ2n) is 6.30. The summed E-state index contributed by atoms with van der Waals surface area (Å²) in [4.78, 5) is 36.2. The lowest BCUT2D eigenvalue weighted by atomic mass is 10.1. The summed E-state index contributed by atoms with van der Waals surface area (Å²) in [5.41, 5.74) is 1.12. The number of rotatable bonds is 7. The van der Waals surface area contributed by atoms with E-state index in [1.165, 1.54) is 11.8 Å². The lowest BCUT2D eigenvalue weighted by molar-refractivity contribution is -0.130. The molecule has 0 spiro atoms. The number of anilines is 1. The summed E-state index contributed by atoms with van der Waals surface area (Å²) in [5.74, 6) is 1.41. The van der Waals surface area contributed by atoms with E-state index >= 15 is 0 Å². The Morgan fingerprint density at radius 1 is 1.33 bits per heavy atom. The van der Waals surface area contributed by atoms with Crippen LogP contribution in [-0.4, -0.2) is 40.6 Å². The number of imide groups is 1. The molecule has 1 fully saturated rings. The highest BCUT2D eigenvalue weighted by molar-refractivity contribution is 7.98. The molecule has 2 N–H and O–H groups in total. The minimum atomic E-state index is -0.797. The van der Waals surface area contributed by atoms with Gasteiger partial charge in [0.2, 0.25) is 5.91 Å². The molecule has 0 atom stereocenters. The zero-order valence-electron chi connectivity index (χ0n) is 14.2. The highest BCUT2D eigenvalue weighted by Crippen LogP contribution is 2.19. The van der Waals surface area contributed by atoms with Crippen molar-refractivity contribution in [1.82, 2.24) is 10.2 Å². The second kappa shape index (κ2) is 7.70. The number of benzene rings is 1.